The fourth-order valence-corrected chi connectivity index (χ4v) is 3.79. The van der Waals surface area contributed by atoms with Crippen LogP contribution >= 0.6 is 11.6 Å². The molecule has 0 aromatic heterocycles. The van der Waals surface area contributed by atoms with E-state index in [0.717, 1.165) is 34.9 Å². The van der Waals surface area contributed by atoms with Gasteiger partial charge in [0.25, 0.3) is 0 Å². The molecule has 2 heterocycles. The molecule has 0 spiro atoms. The third-order valence-corrected chi connectivity index (χ3v) is 5.12. The van der Waals surface area contributed by atoms with Crippen LogP contribution in [0.25, 0.3) is 0 Å². The molecule has 0 aliphatic carbocycles. The van der Waals surface area contributed by atoms with Gasteiger partial charge in [-0.1, -0.05) is 55.3 Å². The second kappa shape index (κ2) is 6.38. The van der Waals surface area contributed by atoms with Crippen molar-refractivity contribution in [3.05, 3.63) is 64.2 Å². The first kappa shape index (κ1) is 16.5. The van der Waals surface area contributed by atoms with E-state index in [-0.39, 0.29) is 12.3 Å². The summed E-state index contributed by atoms with van der Waals surface area (Å²) in [6.45, 7) is 6.54. The molecule has 4 heteroatoms. The molecule has 2 aromatic carbocycles. The fraction of sp³-hybridized carbons (Fsp3) is 0.381. The summed E-state index contributed by atoms with van der Waals surface area (Å²) >= 11 is 6.25. The second-order valence-corrected chi connectivity index (χ2v) is 7.83. The minimum absolute atomic E-state index is 0.0263. The number of aryl methyl sites for hydroxylation is 1. The van der Waals surface area contributed by atoms with E-state index < -0.39 is 0 Å². The van der Waals surface area contributed by atoms with E-state index in [0.29, 0.717) is 5.92 Å². The molecule has 0 N–H and O–H groups in total. The van der Waals surface area contributed by atoms with Crippen LogP contribution in [0, 0.1) is 12.8 Å². The van der Waals surface area contributed by atoms with Gasteiger partial charge in [-0.05, 0) is 36.6 Å². The Balaban J connectivity index is 1.72. The molecule has 25 heavy (non-hydrogen) atoms. The number of hydrogen-bond acceptors (Lipinski definition) is 3. The lowest BCUT2D eigenvalue weighted by Gasteiger charge is -2.38. The Bertz CT molecular complexity index is 813. The van der Waals surface area contributed by atoms with Gasteiger partial charge in [0.05, 0.1) is 11.8 Å². The van der Waals surface area contributed by atoms with Gasteiger partial charge in [0, 0.05) is 23.4 Å². The van der Waals surface area contributed by atoms with Crippen LogP contribution in [-0.4, -0.2) is 16.9 Å². The van der Waals surface area contributed by atoms with Crippen LogP contribution < -0.4 is 4.74 Å². The molecule has 2 atom stereocenters. The second-order valence-electron chi connectivity index (χ2n) is 7.40. The predicted molar refractivity (Wildman–Crippen MR) is 102 cm³/mol. The summed E-state index contributed by atoms with van der Waals surface area (Å²) in [6.07, 6.45) is 1.80. The molecular weight excluding hydrogens is 332 g/mol. The molecule has 2 aliphatic rings. The summed E-state index contributed by atoms with van der Waals surface area (Å²) in [5.74, 6) is 1.48. The standard InChI is InChI=1S/C21H23ClN2O/c1-13(2)10-21-24-19(17-11-16(22)8-9-20(17)25-21)12-18(23-24)15-6-4-14(3)5-7-15/h4-9,11,13,19,21H,10,12H2,1-3H3/t19-,21-/m0/s1. The van der Waals surface area contributed by atoms with Crippen molar-refractivity contribution in [3.8, 4) is 5.75 Å². The van der Waals surface area contributed by atoms with Crippen molar-refractivity contribution >= 4 is 17.3 Å². The van der Waals surface area contributed by atoms with E-state index in [1.165, 1.54) is 11.1 Å². The molecule has 2 aliphatic heterocycles. The molecule has 0 bridgehead atoms. The smallest absolute Gasteiger partial charge is 0.188 e. The van der Waals surface area contributed by atoms with E-state index in [4.69, 9.17) is 21.4 Å². The molecule has 0 saturated heterocycles. The number of halogens is 1. The summed E-state index contributed by atoms with van der Waals surface area (Å²) in [5, 5.41) is 7.85. The van der Waals surface area contributed by atoms with Crippen LogP contribution in [0.5, 0.6) is 5.75 Å². The summed E-state index contributed by atoms with van der Waals surface area (Å²) < 4.78 is 6.28. The van der Waals surface area contributed by atoms with Gasteiger partial charge in [0.15, 0.2) is 6.23 Å². The Morgan fingerprint density at radius 2 is 1.96 bits per heavy atom. The summed E-state index contributed by atoms with van der Waals surface area (Å²) in [4.78, 5) is 0. The first-order valence-corrected chi connectivity index (χ1v) is 9.28. The molecule has 0 amide bonds. The van der Waals surface area contributed by atoms with Crippen LogP contribution in [-0.2, 0) is 0 Å². The number of ether oxygens (including phenoxy) is 1. The van der Waals surface area contributed by atoms with Gasteiger partial charge in [0.2, 0.25) is 0 Å². The number of fused-ring (bicyclic) bond motifs is 3. The van der Waals surface area contributed by atoms with Crippen LogP contribution in [0.1, 0.15) is 49.4 Å². The van der Waals surface area contributed by atoms with Gasteiger partial charge in [0.1, 0.15) is 5.75 Å². The number of hydrazone groups is 1. The zero-order valence-electron chi connectivity index (χ0n) is 14.9. The average molecular weight is 355 g/mol. The maximum atomic E-state index is 6.28. The Labute approximate surface area is 154 Å². The van der Waals surface area contributed by atoms with Gasteiger partial charge in [-0.2, -0.15) is 5.10 Å². The monoisotopic (exact) mass is 354 g/mol. The van der Waals surface area contributed by atoms with Crippen molar-refractivity contribution in [1.29, 1.82) is 0 Å². The lowest BCUT2D eigenvalue weighted by atomic mass is 9.95. The molecule has 0 radical (unpaired) electrons. The van der Waals surface area contributed by atoms with Crippen molar-refractivity contribution in [2.45, 2.75) is 45.9 Å². The first-order chi connectivity index (χ1) is 12.0. The predicted octanol–water partition coefficient (Wildman–Crippen LogP) is 5.56. The highest BCUT2D eigenvalue weighted by molar-refractivity contribution is 6.30. The van der Waals surface area contributed by atoms with Crippen molar-refractivity contribution in [2.75, 3.05) is 0 Å². The highest BCUT2D eigenvalue weighted by Gasteiger charge is 2.40. The maximum absolute atomic E-state index is 6.28. The van der Waals surface area contributed by atoms with Crippen LogP contribution in [0.15, 0.2) is 47.6 Å². The lowest BCUT2D eigenvalue weighted by Crippen LogP contribution is -2.41. The largest absolute Gasteiger partial charge is 0.469 e. The van der Waals surface area contributed by atoms with Crippen molar-refractivity contribution in [3.63, 3.8) is 0 Å². The normalized spacial score (nSPS) is 21.6. The zero-order valence-corrected chi connectivity index (χ0v) is 15.6. The van der Waals surface area contributed by atoms with Crippen molar-refractivity contribution < 1.29 is 4.74 Å². The zero-order chi connectivity index (χ0) is 17.6. The summed E-state index contributed by atoms with van der Waals surface area (Å²) in [7, 11) is 0. The minimum Gasteiger partial charge on any atom is -0.469 e. The molecule has 130 valence electrons. The lowest BCUT2D eigenvalue weighted by molar-refractivity contribution is -0.0291. The van der Waals surface area contributed by atoms with Crippen LogP contribution in [0.2, 0.25) is 5.02 Å². The summed E-state index contributed by atoms with van der Waals surface area (Å²) in [5.41, 5.74) is 4.71. The van der Waals surface area contributed by atoms with Gasteiger partial charge < -0.3 is 4.74 Å². The molecule has 2 aromatic rings. The molecule has 4 rings (SSSR count). The van der Waals surface area contributed by atoms with Gasteiger partial charge >= 0.3 is 0 Å². The average Bonchev–Trinajstić information content (AvgIpc) is 3.01. The highest BCUT2D eigenvalue weighted by atomic mass is 35.5. The Hall–Kier alpha value is -2.00. The molecule has 0 saturated carbocycles. The molecule has 3 nitrogen and oxygen atoms in total. The Morgan fingerprint density at radius 1 is 1.20 bits per heavy atom. The number of nitrogens with zero attached hydrogens (tertiary/aromatic N) is 2. The fourth-order valence-electron chi connectivity index (χ4n) is 3.61. The molecule has 0 fully saturated rings. The van der Waals surface area contributed by atoms with E-state index in [1.54, 1.807) is 0 Å². The van der Waals surface area contributed by atoms with E-state index in [9.17, 15) is 0 Å². The Morgan fingerprint density at radius 3 is 2.68 bits per heavy atom. The van der Waals surface area contributed by atoms with Crippen LogP contribution in [0.4, 0.5) is 0 Å². The maximum Gasteiger partial charge on any atom is 0.188 e. The highest BCUT2D eigenvalue weighted by Crippen LogP contribution is 2.44. The Kier molecular flexibility index (Phi) is 4.20. The van der Waals surface area contributed by atoms with Crippen LogP contribution in [0.3, 0.4) is 0 Å². The first-order valence-electron chi connectivity index (χ1n) is 8.90. The third kappa shape index (κ3) is 3.13. The van der Waals surface area contributed by atoms with Gasteiger partial charge in [-0.15, -0.1) is 0 Å². The van der Waals surface area contributed by atoms with Crippen molar-refractivity contribution in [1.82, 2.24) is 5.01 Å². The topological polar surface area (TPSA) is 24.8 Å². The van der Waals surface area contributed by atoms with Gasteiger partial charge in [-0.25, -0.2) is 0 Å². The van der Waals surface area contributed by atoms with E-state index in [1.807, 2.05) is 18.2 Å². The molecule has 0 unspecified atom stereocenters. The van der Waals surface area contributed by atoms with E-state index in [2.05, 4.69) is 50.0 Å². The van der Waals surface area contributed by atoms with Gasteiger partial charge in [-0.3, -0.25) is 5.01 Å². The number of hydrogen-bond donors (Lipinski definition) is 0. The van der Waals surface area contributed by atoms with E-state index >= 15 is 0 Å². The molecular formula is C21H23ClN2O. The van der Waals surface area contributed by atoms with Crippen molar-refractivity contribution in [2.24, 2.45) is 11.0 Å². The minimum atomic E-state index is -0.0263. The summed E-state index contributed by atoms with van der Waals surface area (Å²) in [6, 6.07) is 14.7. The quantitative estimate of drug-likeness (QED) is 0.720. The number of rotatable bonds is 3. The third-order valence-electron chi connectivity index (χ3n) is 4.89. The number of benzene rings is 2. The SMILES string of the molecule is Cc1ccc(C2=NN3[C@H](CC(C)C)Oc4ccc(Cl)cc4[C@@H]3C2)cc1.